The van der Waals surface area contributed by atoms with E-state index in [2.05, 4.69) is 24.1 Å². The summed E-state index contributed by atoms with van der Waals surface area (Å²) in [5.74, 6) is 0. The molecule has 6 heteroatoms. The summed E-state index contributed by atoms with van der Waals surface area (Å²) in [5, 5.41) is 3.01. The van der Waals surface area contributed by atoms with E-state index in [1.807, 2.05) is 0 Å². The smallest absolute Gasteiger partial charge is 0.262 e. The largest absolute Gasteiger partial charge is 0.386 e. The maximum atomic E-state index is 12.6. The van der Waals surface area contributed by atoms with Crippen LogP contribution in [0, 0.1) is 5.41 Å². The number of rotatable bonds is 3. The third kappa shape index (κ3) is 2.90. The van der Waals surface area contributed by atoms with E-state index >= 15 is 0 Å². The monoisotopic (exact) mass is 283 g/mol. The molecule has 1 aromatic rings. The van der Waals surface area contributed by atoms with Crippen molar-refractivity contribution in [2.75, 3.05) is 25.5 Å². The molecule has 0 saturated carbocycles. The first kappa shape index (κ1) is 14.3. The number of sulfonamides is 1. The molecule has 1 aliphatic rings. The van der Waals surface area contributed by atoms with E-state index in [9.17, 15) is 8.42 Å². The van der Waals surface area contributed by atoms with Gasteiger partial charge in [0.15, 0.2) is 5.03 Å². The highest BCUT2D eigenvalue weighted by atomic mass is 32.2. The summed E-state index contributed by atoms with van der Waals surface area (Å²) in [6.45, 7) is 5.48. The van der Waals surface area contributed by atoms with E-state index in [1.54, 1.807) is 23.5 Å². The Morgan fingerprint density at radius 1 is 1.32 bits per heavy atom. The molecule has 0 bridgehead atoms. The van der Waals surface area contributed by atoms with Gasteiger partial charge in [0.1, 0.15) is 0 Å². The molecule has 0 atom stereocenters. The highest BCUT2D eigenvalue weighted by Gasteiger charge is 2.34. The number of piperidine rings is 1. The summed E-state index contributed by atoms with van der Waals surface area (Å²) in [7, 11) is -1.79. The van der Waals surface area contributed by atoms with Crippen molar-refractivity contribution >= 4 is 15.7 Å². The molecule has 1 aliphatic heterocycles. The molecule has 0 radical (unpaired) electrons. The molecule has 106 valence electrons. The lowest BCUT2D eigenvalue weighted by atomic mass is 9.83. The van der Waals surface area contributed by atoms with Crippen LogP contribution in [0.4, 0.5) is 5.69 Å². The lowest BCUT2D eigenvalue weighted by Gasteiger charge is -2.36. The topological polar surface area (TPSA) is 62.3 Å². The zero-order valence-corrected chi connectivity index (χ0v) is 12.5. The number of pyridine rings is 1. The highest BCUT2D eigenvalue weighted by molar-refractivity contribution is 7.89. The van der Waals surface area contributed by atoms with Gasteiger partial charge in [0, 0.05) is 26.3 Å². The molecule has 1 fully saturated rings. The summed E-state index contributed by atoms with van der Waals surface area (Å²) >= 11 is 0. The summed E-state index contributed by atoms with van der Waals surface area (Å²) in [6, 6.07) is 3.46. The van der Waals surface area contributed by atoms with E-state index in [1.165, 1.54) is 6.20 Å². The second-order valence-corrected chi connectivity index (χ2v) is 7.53. The second-order valence-electron chi connectivity index (χ2n) is 5.67. The average molecular weight is 283 g/mol. The molecule has 19 heavy (non-hydrogen) atoms. The van der Waals surface area contributed by atoms with Crippen molar-refractivity contribution < 1.29 is 8.42 Å². The van der Waals surface area contributed by atoms with Gasteiger partial charge in [-0.1, -0.05) is 13.8 Å². The van der Waals surface area contributed by atoms with Crippen LogP contribution >= 0.6 is 0 Å². The van der Waals surface area contributed by atoms with E-state index in [0.29, 0.717) is 18.8 Å². The molecule has 1 aromatic heterocycles. The number of hydrogen-bond acceptors (Lipinski definition) is 4. The minimum Gasteiger partial charge on any atom is -0.386 e. The fraction of sp³-hybridized carbons (Fsp3) is 0.615. The van der Waals surface area contributed by atoms with Gasteiger partial charge < -0.3 is 5.32 Å². The predicted molar refractivity (Wildman–Crippen MR) is 75.6 cm³/mol. The van der Waals surface area contributed by atoms with E-state index in [0.717, 1.165) is 12.8 Å². The SMILES string of the molecule is CNc1cccnc1S(=O)(=O)N1CCC(C)(C)CC1. The Labute approximate surface area is 115 Å². The summed E-state index contributed by atoms with van der Waals surface area (Å²) in [5.41, 5.74) is 0.773. The first-order chi connectivity index (χ1) is 8.87. The maximum absolute atomic E-state index is 12.6. The van der Waals surface area contributed by atoms with Crippen molar-refractivity contribution in [2.24, 2.45) is 5.41 Å². The lowest BCUT2D eigenvalue weighted by Crippen LogP contribution is -2.41. The van der Waals surface area contributed by atoms with Crippen LogP contribution < -0.4 is 5.32 Å². The Morgan fingerprint density at radius 3 is 2.53 bits per heavy atom. The molecule has 2 heterocycles. The third-order valence-electron chi connectivity index (χ3n) is 3.70. The highest BCUT2D eigenvalue weighted by Crippen LogP contribution is 2.33. The molecular weight excluding hydrogens is 262 g/mol. The van der Waals surface area contributed by atoms with Crippen LogP contribution in [-0.4, -0.2) is 37.8 Å². The fourth-order valence-electron chi connectivity index (χ4n) is 2.24. The van der Waals surface area contributed by atoms with Gasteiger partial charge in [0.25, 0.3) is 10.0 Å². The van der Waals surface area contributed by atoms with Crippen molar-refractivity contribution in [3.63, 3.8) is 0 Å². The Bertz CT molecular complexity index is 545. The summed E-state index contributed by atoms with van der Waals surface area (Å²) < 4.78 is 26.7. The average Bonchev–Trinajstić information content (AvgIpc) is 2.38. The molecule has 1 saturated heterocycles. The molecule has 1 N–H and O–H groups in total. The first-order valence-corrected chi connectivity index (χ1v) is 7.94. The van der Waals surface area contributed by atoms with Crippen LogP contribution in [-0.2, 0) is 10.0 Å². The number of aromatic nitrogens is 1. The van der Waals surface area contributed by atoms with Gasteiger partial charge in [-0.15, -0.1) is 0 Å². The van der Waals surface area contributed by atoms with Crippen molar-refractivity contribution in [2.45, 2.75) is 31.7 Å². The number of anilines is 1. The second kappa shape index (κ2) is 5.09. The molecule has 5 nitrogen and oxygen atoms in total. The molecule has 0 aromatic carbocycles. The lowest BCUT2D eigenvalue weighted by molar-refractivity contribution is 0.195. The fourth-order valence-corrected chi connectivity index (χ4v) is 3.79. The zero-order valence-electron chi connectivity index (χ0n) is 11.7. The van der Waals surface area contributed by atoms with Crippen LogP contribution in [0.15, 0.2) is 23.4 Å². The maximum Gasteiger partial charge on any atom is 0.262 e. The minimum absolute atomic E-state index is 0.122. The van der Waals surface area contributed by atoms with Crippen LogP contribution in [0.1, 0.15) is 26.7 Å². The van der Waals surface area contributed by atoms with Crippen LogP contribution in [0.5, 0.6) is 0 Å². The van der Waals surface area contributed by atoms with Crippen molar-refractivity contribution in [3.8, 4) is 0 Å². The quantitative estimate of drug-likeness (QED) is 0.921. The van der Waals surface area contributed by atoms with Gasteiger partial charge in [-0.2, -0.15) is 4.31 Å². The number of nitrogens with one attached hydrogen (secondary N) is 1. The van der Waals surface area contributed by atoms with Gasteiger partial charge in [0.2, 0.25) is 0 Å². The minimum atomic E-state index is -3.50. The molecule has 2 rings (SSSR count). The van der Waals surface area contributed by atoms with Crippen LogP contribution in [0.3, 0.4) is 0 Å². The van der Waals surface area contributed by atoms with Gasteiger partial charge in [-0.3, -0.25) is 0 Å². The molecular formula is C13H21N3O2S. The van der Waals surface area contributed by atoms with Gasteiger partial charge >= 0.3 is 0 Å². The van der Waals surface area contributed by atoms with Gasteiger partial charge in [-0.25, -0.2) is 13.4 Å². The van der Waals surface area contributed by atoms with Crippen molar-refractivity contribution in [1.29, 1.82) is 0 Å². The molecule has 0 amide bonds. The predicted octanol–water partition coefficient (Wildman–Crippen LogP) is 1.93. The Hall–Kier alpha value is -1.14. The number of nitrogens with zero attached hydrogens (tertiary/aromatic N) is 2. The molecule has 0 spiro atoms. The van der Waals surface area contributed by atoms with Gasteiger partial charge in [0.05, 0.1) is 5.69 Å². The Kier molecular flexibility index (Phi) is 3.82. The van der Waals surface area contributed by atoms with Gasteiger partial charge in [-0.05, 0) is 30.4 Å². The van der Waals surface area contributed by atoms with E-state index in [-0.39, 0.29) is 10.4 Å². The third-order valence-corrected chi connectivity index (χ3v) is 5.56. The Balaban J connectivity index is 2.28. The van der Waals surface area contributed by atoms with E-state index in [4.69, 9.17) is 0 Å². The first-order valence-electron chi connectivity index (χ1n) is 6.50. The van der Waals surface area contributed by atoms with Crippen molar-refractivity contribution in [3.05, 3.63) is 18.3 Å². The number of hydrogen-bond donors (Lipinski definition) is 1. The van der Waals surface area contributed by atoms with Crippen LogP contribution in [0.2, 0.25) is 0 Å². The summed E-state index contributed by atoms with van der Waals surface area (Å²) in [6.07, 6.45) is 3.28. The summed E-state index contributed by atoms with van der Waals surface area (Å²) in [4.78, 5) is 4.04. The normalized spacial score (nSPS) is 20.2. The Morgan fingerprint density at radius 2 is 1.95 bits per heavy atom. The molecule has 0 aliphatic carbocycles. The van der Waals surface area contributed by atoms with E-state index < -0.39 is 10.0 Å². The molecule has 0 unspecified atom stereocenters. The standard InChI is InChI=1S/C13H21N3O2S/c1-13(2)6-9-16(10-7-13)19(17,18)12-11(14-3)5-4-8-15-12/h4-5,8,14H,6-7,9-10H2,1-3H3. The van der Waals surface area contributed by atoms with Crippen LogP contribution in [0.25, 0.3) is 0 Å². The van der Waals surface area contributed by atoms with Crippen molar-refractivity contribution in [1.82, 2.24) is 9.29 Å². The zero-order chi connectivity index (χ0) is 14.1.